The summed E-state index contributed by atoms with van der Waals surface area (Å²) in [6.07, 6.45) is 0. The standard InChI is InChI=1S/C12H14BrN3O5/c1-12(2,10(17)18)15(3)11(19)14-9-5-4-7(16(20)21)6-8(9)13/h4-6H,1-3H3,(H,14,19)(H,17,18). The quantitative estimate of drug-likeness (QED) is 0.633. The smallest absolute Gasteiger partial charge is 0.329 e. The van der Waals surface area contributed by atoms with E-state index in [0.29, 0.717) is 10.2 Å². The predicted octanol–water partition coefficient (Wildman–Crippen LogP) is 2.68. The van der Waals surface area contributed by atoms with E-state index in [2.05, 4.69) is 21.2 Å². The van der Waals surface area contributed by atoms with E-state index in [1.165, 1.54) is 39.1 Å². The highest BCUT2D eigenvalue weighted by molar-refractivity contribution is 9.10. The van der Waals surface area contributed by atoms with Crippen molar-refractivity contribution in [3.8, 4) is 0 Å². The maximum absolute atomic E-state index is 12.0. The first-order chi connectivity index (χ1) is 9.57. The Morgan fingerprint density at radius 2 is 2.00 bits per heavy atom. The van der Waals surface area contributed by atoms with Crippen molar-refractivity contribution in [2.75, 3.05) is 12.4 Å². The minimum Gasteiger partial charge on any atom is -0.480 e. The van der Waals surface area contributed by atoms with Gasteiger partial charge in [-0.05, 0) is 35.8 Å². The van der Waals surface area contributed by atoms with E-state index < -0.39 is 22.5 Å². The van der Waals surface area contributed by atoms with Gasteiger partial charge in [-0.1, -0.05) is 0 Å². The number of urea groups is 1. The number of benzene rings is 1. The second-order valence-electron chi connectivity index (χ2n) is 4.77. The first kappa shape index (κ1) is 16.9. The van der Waals surface area contributed by atoms with Crippen LogP contribution in [0.25, 0.3) is 0 Å². The fourth-order valence-electron chi connectivity index (χ4n) is 1.32. The van der Waals surface area contributed by atoms with Gasteiger partial charge in [0.15, 0.2) is 0 Å². The Balaban J connectivity index is 2.94. The van der Waals surface area contributed by atoms with Crippen molar-refractivity contribution >= 4 is 39.3 Å². The number of rotatable bonds is 4. The molecule has 2 amide bonds. The average molecular weight is 360 g/mol. The summed E-state index contributed by atoms with van der Waals surface area (Å²) in [5.74, 6) is -1.15. The molecule has 0 bridgehead atoms. The van der Waals surface area contributed by atoms with Crippen LogP contribution in [0.3, 0.4) is 0 Å². The summed E-state index contributed by atoms with van der Waals surface area (Å²) in [5.41, 5.74) is -1.21. The summed E-state index contributed by atoms with van der Waals surface area (Å²) in [6.45, 7) is 2.78. The first-order valence-electron chi connectivity index (χ1n) is 5.79. The summed E-state index contributed by atoms with van der Waals surface area (Å²) in [7, 11) is 1.35. The number of carboxylic acids is 1. The molecule has 0 heterocycles. The van der Waals surface area contributed by atoms with Gasteiger partial charge in [0.2, 0.25) is 0 Å². The second kappa shape index (κ2) is 6.08. The Morgan fingerprint density at radius 1 is 1.43 bits per heavy atom. The maximum Gasteiger partial charge on any atom is 0.329 e. The van der Waals surface area contributed by atoms with Crippen molar-refractivity contribution in [3.05, 3.63) is 32.8 Å². The van der Waals surface area contributed by atoms with Crippen molar-refractivity contribution in [2.45, 2.75) is 19.4 Å². The molecule has 9 heteroatoms. The third-order valence-electron chi connectivity index (χ3n) is 3.07. The van der Waals surface area contributed by atoms with Gasteiger partial charge in [-0.15, -0.1) is 0 Å². The van der Waals surface area contributed by atoms with E-state index in [0.717, 1.165) is 4.90 Å². The molecule has 0 saturated heterocycles. The number of carbonyl (C=O) groups excluding carboxylic acids is 1. The molecule has 2 N–H and O–H groups in total. The normalized spacial score (nSPS) is 10.9. The average Bonchev–Trinajstić information content (AvgIpc) is 2.39. The number of hydrogen-bond donors (Lipinski definition) is 2. The van der Waals surface area contributed by atoms with E-state index >= 15 is 0 Å². The molecular formula is C12H14BrN3O5. The number of hydrogen-bond acceptors (Lipinski definition) is 4. The van der Waals surface area contributed by atoms with Crippen LogP contribution in [0.15, 0.2) is 22.7 Å². The molecule has 0 aliphatic carbocycles. The van der Waals surface area contributed by atoms with Gasteiger partial charge < -0.3 is 15.3 Å². The fourth-order valence-corrected chi connectivity index (χ4v) is 1.78. The van der Waals surface area contributed by atoms with Crippen molar-refractivity contribution in [3.63, 3.8) is 0 Å². The lowest BCUT2D eigenvalue weighted by molar-refractivity contribution is -0.384. The summed E-state index contributed by atoms with van der Waals surface area (Å²) < 4.78 is 0.326. The number of nitro groups is 1. The maximum atomic E-state index is 12.0. The van der Waals surface area contributed by atoms with Crippen LogP contribution in [0.4, 0.5) is 16.2 Å². The van der Waals surface area contributed by atoms with Crippen molar-refractivity contribution in [1.82, 2.24) is 4.90 Å². The van der Waals surface area contributed by atoms with Gasteiger partial charge in [-0.3, -0.25) is 10.1 Å². The Morgan fingerprint density at radius 3 is 2.43 bits per heavy atom. The highest BCUT2D eigenvalue weighted by Crippen LogP contribution is 2.27. The van der Waals surface area contributed by atoms with Crippen LogP contribution in [0, 0.1) is 10.1 Å². The molecule has 0 spiro atoms. The molecule has 0 saturated carbocycles. The van der Waals surface area contributed by atoms with E-state index in [1.54, 1.807) is 0 Å². The first-order valence-corrected chi connectivity index (χ1v) is 6.59. The number of halogens is 1. The van der Waals surface area contributed by atoms with Crippen LogP contribution in [-0.4, -0.2) is 39.5 Å². The van der Waals surface area contributed by atoms with Crippen LogP contribution in [0.1, 0.15) is 13.8 Å². The van der Waals surface area contributed by atoms with E-state index in [4.69, 9.17) is 5.11 Å². The van der Waals surface area contributed by atoms with Gasteiger partial charge in [-0.2, -0.15) is 0 Å². The third-order valence-corrected chi connectivity index (χ3v) is 3.73. The number of nitrogens with one attached hydrogen (secondary N) is 1. The van der Waals surface area contributed by atoms with E-state index in [9.17, 15) is 19.7 Å². The zero-order chi connectivity index (χ0) is 16.4. The number of nitrogens with zero attached hydrogens (tertiary/aromatic N) is 2. The minimum atomic E-state index is -1.39. The number of aliphatic carboxylic acids is 1. The number of anilines is 1. The number of amides is 2. The fraction of sp³-hybridized carbons (Fsp3) is 0.333. The second-order valence-corrected chi connectivity index (χ2v) is 5.63. The van der Waals surface area contributed by atoms with Gasteiger partial charge >= 0.3 is 12.0 Å². The molecule has 1 rings (SSSR count). The Hall–Kier alpha value is -2.16. The van der Waals surface area contributed by atoms with Gasteiger partial charge in [0.05, 0.1) is 10.6 Å². The summed E-state index contributed by atoms with van der Waals surface area (Å²) >= 11 is 3.12. The third kappa shape index (κ3) is 3.69. The van der Waals surface area contributed by atoms with Crippen LogP contribution in [-0.2, 0) is 4.79 Å². The molecular weight excluding hydrogens is 346 g/mol. The topological polar surface area (TPSA) is 113 Å². The molecule has 8 nitrogen and oxygen atoms in total. The highest BCUT2D eigenvalue weighted by atomic mass is 79.9. The SMILES string of the molecule is CN(C(=O)Nc1ccc([N+](=O)[O-])cc1Br)C(C)(C)C(=O)O. The molecule has 0 aliphatic heterocycles. The van der Waals surface area contributed by atoms with Gasteiger partial charge in [-0.25, -0.2) is 9.59 Å². The van der Waals surface area contributed by atoms with Crippen LogP contribution in [0.2, 0.25) is 0 Å². The summed E-state index contributed by atoms with van der Waals surface area (Å²) in [6, 6.07) is 3.21. The zero-order valence-electron chi connectivity index (χ0n) is 11.6. The number of nitro benzene ring substituents is 1. The lowest BCUT2D eigenvalue weighted by Crippen LogP contribution is -2.52. The molecule has 1 aromatic rings. The van der Waals surface area contributed by atoms with Gasteiger partial charge in [0.25, 0.3) is 5.69 Å². The van der Waals surface area contributed by atoms with Crippen molar-refractivity contribution in [2.24, 2.45) is 0 Å². The lowest BCUT2D eigenvalue weighted by Gasteiger charge is -2.31. The Bertz CT molecular complexity index is 603. The van der Waals surface area contributed by atoms with Crippen LogP contribution in [0.5, 0.6) is 0 Å². The molecule has 114 valence electrons. The van der Waals surface area contributed by atoms with Crippen molar-refractivity contribution < 1.29 is 19.6 Å². The van der Waals surface area contributed by atoms with Crippen LogP contribution >= 0.6 is 15.9 Å². The molecule has 1 aromatic carbocycles. The largest absolute Gasteiger partial charge is 0.480 e. The van der Waals surface area contributed by atoms with E-state index in [1.807, 2.05) is 0 Å². The highest BCUT2D eigenvalue weighted by Gasteiger charge is 2.35. The monoisotopic (exact) mass is 359 g/mol. The molecule has 21 heavy (non-hydrogen) atoms. The molecule has 0 fully saturated rings. The Labute approximate surface area is 129 Å². The summed E-state index contributed by atoms with van der Waals surface area (Å²) in [5, 5.41) is 22.2. The van der Waals surface area contributed by atoms with Crippen molar-refractivity contribution in [1.29, 1.82) is 0 Å². The lowest BCUT2D eigenvalue weighted by atomic mass is 10.1. The molecule has 0 unspecified atom stereocenters. The number of non-ortho nitro benzene ring substituents is 1. The van der Waals surface area contributed by atoms with Gasteiger partial charge in [0.1, 0.15) is 5.54 Å². The molecule has 0 radical (unpaired) electrons. The van der Waals surface area contributed by atoms with E-state index in [-0.39, 0.29) is 5.69 Å². The number of carbonyl (C=O) groups is 2. The van der Waals surface area contributed by atoms with Crippen LogP contribution < -0.4 is 5.32 Å². The predicted molar refractivity (Wildman–Crippen MR) is 79.3 cm³/mol. The minimum absolute atomic E-state index is 0.126. The molecule has 0 atom stereocenters. The molecule has 0 aliphatic rings. The summed E-state index contributed by atoms with van der Waals surface area (Å²) in [4.78, 5) is 34.2. The Kier molecular flexibility index (Phi) is 4.89. The number of likely N-dealkylation sites (N-methyl/N-ethyl adjacent to an activating group) is 1. The number of carboxylic acid groups (broad SMARTS) is 1. The van der Waals surface area contributed by atoms with Gasteiger partial charge in [0, 0.05) is 23.7 Å². The molecule has 0 aromatic heterocycles. The zero-order valence-corrected chi connectivity index (χ0v) is 13.2.